The number of aromatic nitrogens is 2. The molecule has 0 aliphatic heterocycles. The number of hydrogen-bond acceptors (Lipinski definition) is 5. The van der Waals surface area contributed by atoms with E-state index in [9.17, 15) is 8.42 Å². The summed E-state index contributed by atoms with van der Waals surface area (Å²) in [6, 6.07) is 7.24. The lowest BCUT2D eigenvalue weighted by Crippen LogP contribution is -2.49. The van der Waals surface area contributed by atoms with Crippen molar-refractivity contribution >= 4 is 21.3 Å². The van der Waals surface area contributed by atoms with Crippen LogP contribution in [0.3, 0.4) is 0 Å². The first-order valence-electron chi connectivity index (χ1n) is 5.89. The van der Waals surface area contributed by atoms with E-state index in [0.29, 0.717) is 11.1 Å². The average molecular weight is 293 g/mol. The molecule has 0 fully saturated rings. The molecule has 0 saturated carbocycles. The molecular formula is C13H13N2O4S+. The Hall–Kier alpha value is -2.17. The minimum Gasteiger partial charge on any atom is -0.235 e. The number of fused-ring (bicyclic) bond motifs is 1. The summed E-state index contributed by atoms with van der Waals surface area (Å²) in [7, 11) is -4.13. The zero-order valence-electron chi connectivity index (χ0n) is 11.0. The van der Waals surface area contributed by atoms with Gasteiger partial charge < -0.3 is 0 Å². The molecule has 1 aromatic heterocycles. The summed E-state index contributed by atoms with van der Waals surface area (Å²) in [5, 5.41) is 4.87. The van der Waals surface area contributed by atoms with Gasteiger partial charge in [0.15, 0.2) is 0 Å². The van der Waals surface area contributed by atoms with Crippen LogP contribution in [0, 0.1) is 11.8 Å². The second kappa shape index (κ2) is 5.86. The second-order valence-electron chi connectivity index (χ2n) is 3.73. The molecule has 2 aromatic rings. The van der Waals surface area contributed by atoms with Crippen LogP contribution in [0.15, 0.2) is 30.5 Å². The fourth-order valence-corrected chi connectivity index (χ4v) is 2.23. The van der Waals surface area contributed by atoms with Gasteiger partial charge in [0.25, 0.3) is 6.20 Å². The van der Waals surface area contributed by atoms with Gasteiger partial charge in [-0.05, 0) is 19.9 Å². The van der Waals surface area contributed by atoms with Gasteiger partial charge in [-0.2, -0.15) is 8.42 Å². The lowest BCUT2D eigenvalue weighted by atomic mass is 10.1. The second-order valence-corrected chi connectivity index (χ2v) is 4.93. The van der Waals surface area contributed by atoms with E-state index in [2.05, 4.69) is 21.1 Å². The van der Waals surface area contributed by atoms with Crippen molar-refractivity contribution in [1.82, 2.24) is 5.10 Å². The third-order valence-electron chi connectivity index (χ3n) is 2.33. The molecule has 0 N–H and O–H groups in total. The van der Waals surface area contributed by atoms with Gasteiger partial charge in [-0.25, -0.2) is 4.18 Å². The van der Waals surface area contributed by atoms with Crippen LogP contribution in [0.25, 0.3) is 10.9 Å². The third kappa shape index (κ3) is 3.23. The standard InChI is InChI=1S/C13H13N2O4S/c1-3-7-11-10-15(19-20(16,17)18-4-2)14-13-9-6-5-8-12(11)13/h5-6,8-10H,4H2,1-2H3/q+1. The third-order valence-corrected chi connectivity index (χ3v) is 3.19. The van der Waals surface area contributed by atoms with Crippen molar-refractivity contribution in [2.24, 2.45) is 0 Å². The molecule has 104 valence electrons. The van der Waals surface area contributed by atoms with Gasteiger partial charge in [0, 0.05) is 5.39 Å². The maximum absolute atomic E-state index is 11.5. The van der Waals surface area contributed by atoms with E-state index in [1.807, 2.05) is 12.1 Å². The molecule has 0 bridgehead atoms. The monoisotopic (exact) mass is 293 g/mol. The van der Waals surface area contributed by atoms with Crippen molar-refractivity contribution in [3.05, 3.63) is 36.0 Å². The zero-order chi connectivity index (χ0) is 14.6. The molecule has 6 nitrogen and oxygen atoms in total. The van der Waals surface area contributed by atoms with Crippen LogP contribution < -0.4 is 9.13 Å². The molecule has 0 atom stereocenters. The van der Waals surface area contributed by atoms with Crippen LogP contribution in [0.4, 0.5) is 0 Å². The van der Waals surface area contributed by atoms with E-state index in [1.54, 1.807) is 26.0 Å². The Morgan fingerprint density at radius 1 is 1.35 bits per heavy atom. The highest BCUT2D eigenvalue weighted by Crippen LogP contribution is 2.13. The average Bonchev–Trinajstić information content (AvgIpc) is 2.38. The Morgan fingerprint density at radius 3 is 2.80 bits per heavy atom. The lowest BCUT2D eigenvalue weighted by molar-refractivity contribution is -0.902. The summed E-state index contributed by atoms with van der Waals surface area (Å²) in [5.41, 5.74) is 1.18. The summed E-state index contributed by atoms with van der Waals surface area (Å²) in [4.78, 5) is 0.840. The van der Waals surface area contributed by atoms with Gasteiger partial charge in [-0.15, -0.1) is 5.92 Å². The summed E-state index contributed by atoms with van der Waals surface area (Å²) >= 11 is 0. The highest BCUT2D eigenvalue weighted by atomic mass is 32.3. The van der Waals surface area contributed by atoms with Gasteiger partial charge in [-0.3, -0.25) is 0 Å². The lowest BCUT2D eigenvalue weighted by Gasteiger charge is -1.99. The molecule has 2 rings (SSSR count). The van der Waals surface area contributed by atoms with Crippen LogP contribution in [-0.4, -0.2) is 20.1 Å². The SMILES string of the molecule is CC#Cc1c[n+](OS(=O)(=O)OCC)nc2ccccc12. The smallest absolute Gasteiger partial charge is 0.235 e. The van der Waals surface area contributed by atoms with Gasteiger partial charge >= 0.3 is 10.4 Å². The van der Waals surface area contributed by atoms with Crippen LogP contribution >= 0.6 is 0 Å². The Labute approximate surface area is 117 Å². The molecule has 0 unspecified atom stereocenters. The Morgan fingerprint density at radius 2 is 2.10 bits per heavy atom. The number of hydrogen-bond donors (Lipinski definition) is 0. The van der Waals surface area contributed by atoms with Crippen LogP contribution in [-0.2, 0) is 14.6 Å². The molecule has 0 amide bonds. The maximum atomic E-state index is 11.5. The summed E-state index contributed by atoms with van der Waals surface area (Å²) < 4.78 is 32.2. The van der Waals surface area contributed by atoms with Gasteiger partial charge in [-0.1, -0.05) is 28.4 Å². The van der Waals surface area contributed by atoms with E-state index in [1.165, 1.54) is 6.20 Å². The van der Waals surface area contributed by atoms with E-state index >= 15 is 0 Å². The first kappa shape index (κ1) is 14.2. The molecule has 0 aliphatic carbocycles. The molecule has 0 saturated heterocycles. The number of benzene rings is 1. The molecule has 20 heavy (non-hydrogen) atoms. The van der Waals surface area contributed by atoms with E-state index < -0.39 is 10.4 Å². The van der Waals surface area contributed by atoms with Crippen LogP contribution in [0.2, 0.25) is 0 Å². The predicted octanol–water partition coefficient (Wildman–Crippen LogP) is 0.604. The summed E-state index contributed by atoms with van der Waals surface area (Å²) in [6.45, 7) is 3.23. The highest BCUT2D eigenvalue weighted by molar-refractivity contribution is 7.81. The molecule has 0 aliphatic rings. The van der Waals surface area contributed by atoms with Crippen LogP contribution in [0.1, 0.15) is 19.4 Å². The zero-order valence-corrected chi connectivity index (χ0v) is 11.8. The van der Waals surface area contributed by atoms with Crippen molar-refractivity contribution in [2.45, 2.75) is 13.8 Å². The van der Waals surface area contributed by atoms with Crippen LogP contribution in [0.5, 0.6) is 0 Å². The van der Waals surface area contributed by atoms with Crippen molar-refractivity contribution in [1.29, 1.82) is 0 Å². The van der Waals surface area contributed by atoms with E-state index in [-0.39, 0.29) is 6.61 Å². The number of rotatable bonds is 4. The topological polar surface area (TPSA) is 69.4 Å². The Bertz CT molecular complexity index is 791. The minimum absolute atomic E-state index is 0.0158. The molecule has 1 heterocycles. The first-order chi connectivity index (χ1) is 9.55. The predicted molar refractivity (Wildman–Crippen MR) is 71.6 cm³/mol. The van der Waals surface area contributed by atoms with Gasteiger partial charge in [0.1, 0.15) is 15.9 Å². The van der Waals surface area contributed by atoms with Gasteiger partial charge in [0.2, 0.25) is 0 Å². The largest absolute Gasteiger partial charge is 0.505 e. The minimum atomic E-state index is -4.13. The molecule has 0 spiro atoms. The van der Waals surface area contributed by atoms with E-state index in [0.717, 1.165) is 10.2 Å². The van der Waals surface area contributed by atoms with E-state index in [4.69, 9.17) is 4.28 Å². The quantitative estimate of drug-likeness (QED) is 0.610. The number of nitrogens with zero attached hydrogens (tertiary/aromatic N) is 2. The van der Waals surface area contributed by atoms with Crippen molar-refractivity contribution in [3.8, 4) is 11.8 Å². The molecule has 1 aromatic carbocycles. The Balaban J connectivity index is 2.52. The first-order valence-corrected chi connectivity index (χ1v) is 7.23. The van der Waals surface area contributed by atoms with Crippen molar-refractivity contribution in [2.75, 3.05) is 6.61 Å². The fraction of sp³-hybridized carbons (Fsp3) is 0.231. The maximum Gasteiger partial charge on any atom is 0.505 e. The molecular weight excluding hydrogens is 280 g/mol. The van der Waals surface area contributed by atoms with Crippen molar-refractivity contribution < 1.29 is 21.7 Å². The molecule has 7 heteroatoms. The van der Waals surface area contributed by atoms with Gasteiger partial charge in [0.05, 0.1) is 11.7 Å². The fourth-order valence-electron chi connectivity index (χ4n) is 1.64. The molecule has 0 radical (unpaired) electrons. The normalized spacial score (nSPS) is 10.9. The summed E-state index contributed by atoms with van der Waals surface area (Å²) in [6.07, 6.45) is 1.40. The van der Waals surface area contributed by atoms with Crippen molar-refractivity contribution in [3.63, 3.8) is 0 Å². The highest BCUT2D eigenvalue weighted by Gasteiger charge is 2.22. The summed E-state index contributed by atoms with van der Waals surface area (Å²) in [5.74, 6) is 5.65. The Kier molecular flexibility index (Phi) is 4.17.